The molecule has 0 fully saturated rings. The van der Waals surface area contributed by atoms with Crippen LogP contribution in [0.2, 0.25) is 0 Å². The van der Waals surface area contributed by atoms with Gasteiger partial charge in [0.1, 0.15) is 5.82 Å². The summed E-state index contributed by atoms with van der Waals surface area (Å²) >= 11 is 0. The molecule has 6 heteroatoms. The molecule has 0 bridgehead atoms. The van der Waals surface area contributed by atoms with E-state index in [0.717, 1.165) is 30.5 Å². The second kappa shape index (κ2) is 8.94. The SMILES string of the molecule is O/N=C(/CCCOCCCc1cnc[nH]1)c1ccc(F)cc1. The van der Waals surface area contributed by atoms with E-state index in [1.165, 1.54) is 12.1 Å². The number of H-pyrrole nitrogens is 1. The molecule has 118 valence electrons. The van der Waals surface area contributed by atoms with Gasteiger partial charge in [-0.15, -0.1) is 0 Å². The summed E-state index contributed by atoms with van der Waals surface area (Å²) in [6, 6.07) is 5.92. The summed E-state index contributed by atoms with van der Waals surface area (Å²) < 4.78 is 18.4. The average Bonchev–Trinajstić information content (AvgIpc) is 3.05. The minimum atomic E-state index is -0.304. The van der Waals surface area contributed by atoms with Crippen LogP contribution in [0.1, 0.15) is 30.5 Å². The number of ether oxygens (including phenoxy) is 1. The van der Waals surface area contributed by atoms with Gasteiger partial charge in [0.2, 0.25) is 0 Å². The van der Waals surface area contributed by atoms with Crippen molar-refractivity contribution in [2.75, 3.05) is 13.2 Å². The van der Waals surface area contributed by atoms with Crippen molar-refractivity contribution >= 4 is 5.71 Å². The van der Waals surface area contributed by atoms with E-state index in [2.05, 4.69) is 15.1 Å². The van der Waals surface area contributed by atoms with E-state index >= 15 is 0 Å². The van der Waals surface area contributed by atoms with Crippen LogP contribution in [-0.2, 0) is 11.2 Å². The van der Waals surface area contributed by atoms with Gasteiger partial charge in [-0.3, -0.25) is 0 Å². The molecule has 0 saturated carbocycles. The highest BCUT2D eigenvalue weighted by Crippen LogP contribution is 2.09. The van der Waals surface area contributed by atoms with Gasteiger partial charge < -0.3 is 14.9 Å². The molecule has 0 aliphatic carbocycles. The standard InChI is InChI=1S/C16H20FN3O2/c17-14-7-5-13(6-8-14)16(20-21)4-2-10-22-9-1-3-15-11-18-12-19-15/h5-8,11-12,21H,1-4,9-10H2,(H,18,19)/b20-16-. The van der Waals surface area contributed by atoms with Crippen LogP contribution in [0, 0.1) is 5.82 Å². The van der Waals surface area contributed by atoms with Crippen LogP contribution in [0.3, 0.4) is 0 Å². The van der Waals surface area contributed by atoms with Crippen molar-refractivity contribution in [2.24, 2.45) is 5.16 Å². The van der Waals surface area contributed by atoms with Crippen LogP contribution in [0.5, 0.6) is 0 Å². The van der Waals surface area contributed by atoms with Crippen molar-refractivity contribution in [3.05, 3.63) is 53.9 Å². The number of hydrogen-bond acceptors (Lipinski definition) is 4. The normalized spacial score (nSPS) is 11.8. The van der Waals surface area contributed by atoms with Crippen LogP contribution in [-0.4, -0.2) is 34.1 Å². The summed E-state index contributed by atoms with van der Waals surface area (Å²) in [5, 5.41) is 12.3. The topological polar surface area (TPSA) is 70.5 Å². The summed E-state index contributed by atoms with van der Waals surface area (Å²) in [7, 11) is 0. The Kier molecular flexibility index (Phi) is 6.57. The molecule has 2 rings (SSSR count). The monoisotopic (exact) mass is 305 g/mol. The molecule has 22 heavy (non-hydrogen) atoms. The fourth-order valence-electron chi connectivity index (χ4n) is 2.12. The van der Waals surface area contributed by atoms with E-state index in [9.17, 15) is 4.39 Å². The molecule has 0 aliphatic rings. The molecular weight excluding hydrogens is 285 g/mol. The number of benzene rings is 1. The Morgan fingerprint density at radius 2 is 2.00 bits per heavy atom. The van der Waals surface area contributed by atoms with E-state index < -0.39 is 0 Å². The summed E-state index contributed by atoms with van der Waals surface area (Å²) in [4.78, 5) is 7.00. The van der Waals surface area contributed by atoms with Crippen molar-refractivity contribution in [3.63, 3.8) is 0 Å². The molecule has 0 unspecified atom stereocenters. The molecule has 1 heterocycles. The number of nitrogens with zero attached hydrogens (tertiary/aromatic N) is 2. The lowest BCUT2D eigenvalue weighted by Gasteiger charge is -2.06. The van der Waals surface area contributed by atoms with E-state index in [0.29, 0.717) is 25.3 Å². The van der Waals surface area contributed by atoms with Crippen LogP contribution in [0.25, 0.3) is 0 Å². The number of nitrogens with one attached hydrogen (secondary N) is 1. The number of oxime groups is 1. The highest BCUT2D eigenvalue weighted by Gasteiger charge is 2.04. The Morgan fingerprint density at radius 3 is 2.68 bits per heavy atom. The first kappa shape index (κ1) is 16.2. The van der Waals surface area contributed by atoms with Gasteiger partial charge in [-0.25, -0.2) is 9.37 Å². The van der Waals surface area contributed by atoms with Crippen molar-refractivity contribution in [3.8, 4) is 0 Å². The molecule has 0 saturated heterocycles. The highest BCUT2D eigenvalue weighted by molar-refractivity contribution is 6.00. The maximum atomic E-state index is 12.9. The van der Waals surface area contributed by atoms with E-state index in [-0.39, 0.29) is 5.82 Å². The average molecular weight is 305 g/mol. The second-order valence-corrected chi connectivity index (χ2v) is 4.95. The molecule has 2 aromatic rings. The van der Waals surface area contributed by atoms with Crippen molar-refractivity contribution in [1.29, 1.82) is 0 Å². The smallest absolute Gasteiger partial charge is 0.123 e. The molecule has 5 nitrogen and oxygen atoms in total. The lowest BCUT2D eigenvalue weighted by Crippen LogP contribution is -2.05. The van der Waals surface area contributed by atoms with Gasteiger partial charge in [-0.2, -0.15) is 0 Å². The van der Waals surface area contributed by atoms with Gasteiger partial charge in [0.05, 0.1) is 12.0 Å². The number of imidazole rings is 1. The molecule has 0 radical (unpaired) electrons. The van der Waals surface area contributed by atoms with Crippen molar-refractivity contribution in [2.45, 2.75) is 25.7 Å². The zero-order valence-corrected chi connectivity index (χ0v) is 12.3. The number of rotatable bonds is 9. The number of aromatic amines is 1. The summed E-state index contributed by atoms with van der Waals surface area (Å²) in [6.45, 7) is 1.28. The molecule has 0 aliphatic heterocycles. The zero-order valence-electron chi connectivity index (χ0n) is 12.3. The Labute approximate surface area is 128 Å². The second-order valence-electron chi connectivity index (χ2n) is 4.95. The summed E-state index contributed by atoms with van der Waals surface area (Å²) in [5.74, 6) is -0.304. The first-order chi connectivity index (χ1) is 10.8. The Bertz CT molecular complexity index is 568. The largest absolute Gasteiger partial charge is 0.411 e. The third-order valence-corrected chi connectivity index (χ3v) is 3.29. The Balaban J connectivity index is 1.60. The number of aromatic nitrogens is 2. The zero-order chi connectivity index (χ0) is 15.6. The van der Waals surface area contributed by atoms with Gasteiger partial charge in [-0.05, 0) is 43.4 Å². The van der Waals surface area contributed by atoms with Crippen molar-refractivity contribution < 1.29 is 14.3 Å². The van der Waals surface area contributed by atoms with Crippen LogP contribution < -0.4 is 0 Å². The van der Waals surface area contributed by atoms with E-state index in [4.69, 9.17) is 9.94 Å². The fraction of sp³-hybridized carbons (Fsp3) is 0.375. The quantitative estimate of drug-likeness (QED) is 0.323. The van der Waals surface area contributed by atoms with Crippen LogP contribution >= 0.6 is 0 Å². The Morgan fingerprint density at radius 1 is 1.23 bits per heavy atom. The molecule has 1 aromatic carbocycles. The fourth-order valence-corrected chi connectivity index (χ4v) is 2.12. The van der Waals surface area contributed by atoms with Crippen LogP contribution in [0.4, 0.5) is 4.39 Å². The van der Waals surface area contributed by atoms with Gasteiger partial charge in [0, 0.05) is 25.1 Å². The molecule has 0 atom stereocenters. The molecule has 1 aromatic heterocycles. The maximum Gasteiger partial charge on any atom is 0.123 e. The van der Waals surface area contributed by atoms with Gasteiger partial charge in [-0.1, -0.05) is 17.3 Å². The summed E-state index contributed by atoms with van der Waals surface area (Å²) in [5.41, 5.74) is 2.37. The van der Waals surface area contributed by atoms with Crippen LogP contribution in [0.15, 0.2) is 41.9 Å². The molecule has 0 spiro atoms. The Hall–Kier alpha value is -2.21. The van der Waals surface area contributed by atoms with Crippen molar-refractivity contribution in [1.82, 2.24) is 9.97 Å². The molecule has 2 N–H and O–H groups in total. The predicted molar refractivity (Wildman–Crippen MR) is 81.7 cm³/mol. The number of aryl methyl sites for hydroxylation is 1. The van der Waals surface area contributed by atoms with Gasteiger partial charge >= 0.3 is 0 Å². The number of hydrogen-bond donors (Lipinski definition) is 2. The first-order valence-corrected chi connectivity index (χ1v) is 7.31. The number of halogens is 1. The molecule has 0 amide bonds. The highest BCUT2D eigenvalue weighted by atomic mass is 19.1. The van der Waals surface area contributed by atoms with E-state index in [1.807, 2.05) is 6.20 Å². The molecular formula is C16H20FN3O2. The minimum Gasteiger partial charge on any atom is -0.411 e. The van der Waals surface area contributed by atoms with E-state index in [1.54, 1.807) is 18.5 Å². The lowest BCUT2D eigenvalue weighted by atomic mass is 10.1. The lowest BCUT2D eigenvalue weighted by molar-refractivity contribution is 0.130. The van der Waals surface area contributed by atoms with Gasteiger partial charge in [0.15, 0.2) is 0 Å². The minimum absolute atomic E-state index is 0.304. The maximum absolute atomic E-state index is 12.9. The van der Waals surface area contributed by atoms with Gasteiger partial charge in [0.25, 0.3) is 0 Å². The first-order valence-electron chi connectivity index (χ1n) is 7.31. The third-order valence-electron chi connectivity index (χ3n) is 3.29. The summed E-state index contributed by atoms with van der Waals surface area (Å²) in [6.07, 6.45) is 6.66. The predicted octanol–water partition coefficient (Wildman–Crippen LogP) is 3.16. The third kappa shape index (κ3) is 5.29.